The lowest BCUT2D eigenvalue weighted by Crippen LogP contribution is -2.49. The maximum atomic E-state index is 15.0. The molecule has 0 bridgehead atoms. The zero-order chi connectivity index (χ0) is 43.6. The van der Waals surface area contributed by atoms with Crippen molar-refractivity contribution in [1.82, 2.24) is 29.8 Å². The number of hydrogen-bond acceptors (Lipinski definition) is 11. The number of Topliss-reactive ketones (excluding diaryl/α,β-unsaturated/α-hetero) is 2. The van der Waals surface area contributed by atoms with Crippen molar-refractivity contribution in [2.24, 2.45) is 23.2 Å². The van der Waals surface area contributed by atoms with Crippen LogP contribution < -0.4 is 10.0 Å². The highest BCUT2D eigenvalue weighted by Crippen LogP contribution is 2.57. The van der Waals surface area contributed by atoms with Gasteiger partial charge in [0, 0.05) is 49.1 Å². The molecule has 2 aromatic rings. The molecule has 4 heterocycles. The van der Waals surface area contributed by atoms with Crippen LogP contribution >= 0.6 is 11.6 Å². The van der Waals surface area contributed by atoms with Crippen molar-refractivity contribution in [3.8, 4) is 0 Å². The highest BCUT2D eigenvalue weighted by Gasteiger charge is 2.61. The second-order valence-corrected chi connectivity index (χ2v) is 20.5. The largest absolute Gasteiger partial charge is 0.444 e. The number of nitrogens with zero attached hydrogens (tertiary/aromatic N) is 4. The lowest BCUT2D eigenvalue weighted by atomic mass is 9.80. The first-order valence-electron chi connectivity index (χ1n) is 22.2. The maximum Gasteiger partial charge on any atom is 0.410 e. The molecule has 1 aromatic carbocycles. The average molecular weight is 891 g/mol. The predicted octanol–water partition coefficient (Wildman–Crippen LogP) is 5.60. The molecule has 3 saturated carbocycles. The van der Waals surface area contributed by atoms with Crippen molar-refractivity contribution >= 4 is 57.0 Å². The Kier molecular flexibility index (Phi) is 13.2. The number of ether oxygens (including phenoxy) is 1. The van der Waals surface area contributed by atoms with Crippen LogP contribution in [0.2, 0.25) is 5.02 Å². The van der Waals surface area contributed by atoms with E-state index in [1.165, 1.54) is 28.4 Å². The minimum absolute atomic E-state index is 0.0318. The molecule has 3 aliphatic heterocycles. The molecule has 1 saturated heterocycles. The van der Waals surface area contributed by atoms with E-state index in [0.717, 1.165) is 56.1 Å². The number of amides is 4. The van der Waals surface area contributed by atoms with Gasteiger partial charge in [0.25, 0.3) is 5.91 Å². The summed E-state index contributed by atoms with van der Waals surface area (Å²) < 4.78 is 34.2. The number of allylic oxidation sites excluding steroid dienone is 2. The fourth-order valence-corrected chi connectivity index (χ4v) is 11.6. The van der Waals surface area contributed by atoms with Crippen LogP contribution in [0.1, 0.15) is 124 Å². The van der Waals surface area contributed by atoms with E-state index >= 15 is 4.79 Å². The number of hydrogen-bond donors (Lipinski definition) is 2. The summed E-state index contributed by atoms with van der Waals surface area (Å²) in [6.07, 6.45) is 14.8. The van der Waals surface area contributed by atoms with Crippen LogP contribution in [0.15, 0.2) is 48.9 Å². The molecule has 0 unspecified atom stereocenters. The first-order chi connectivity index (χ1) is 29.8. The van der Waals surface area contributed by atoms with Crippen molar-refractivity contribution in [1.29, 1.82) is 0 Å². The first-order valence-corrected chi connectivity index (χ1v) is 24.1. The molecule has 332 valence electrons. The number of halogens is 1. The molecule has 6 aliphatic rings. The highest BCUT2D eigenvalue weighted by atomic mass is 35.5. The summed E-state index contributed by atoms with van der Waals surface area (Å²) >= 11 is 6.43. The van der Waals surface area contributed by atoms with E-state index in [2.05, 4.69) is 20.0 Å². The maximum absolute atomic E-state index is 15.0. The molecule has 4 fully saturated rings. The Balaban J connectivity index is 1.06. The van der Waals surface area contributed by atoms with Crippen molar-refractivity contribution in [3.63, 3.8) is 0 Å². The predicted molar refractivity (Wildman–Crippen MR) is 227 cm³/mol. The summed E-state index contributed by atoms with van der Waals surface area (Å²) in [5.74, 6) is -3.75. The monoisotopic (exact) mass is 890 g/mol. The van der Waals surface area contributed by atoms with Gasteiger partial charge < -0.3 is 15.0 Å². The summed E-state index contributed by atoms with van der Waals surface area (Å²) in [5, 5.41) is 2.84. The summed E-state index contributed by atoms with van der Waals surface area (Å²) in [5.41, 5.74) is 0.479. The van der Waals surface area contributed by atoms with E-state index in [0.29, 0.717) is 37.1 Å². The number of carbonyl (C=O) groups is 6. The lowest BCUT2D eigenvalue weighted by Gasteiger charge is -2.32. The van der Waals surface area contributed by atoms with Gasteiger partial charge in [-0.3, -0.25) is 38.6 Å². The number of rotatable bonds is 10. The minimum Gasteiger partial charge on any atom is -0.444 e. The average Bonchev–Trinajstić information content (AvgIpc) is 4.15. The van der Waals surface area contributed by atoms with Gasteiger partial charge in [-0.05, 0) is 80.4 Å². The molecule has 6 atom stereocenters. The quantitative estimate of drug-likeness (QED) is 0.281. The third-order valence-corrected chi connectivity index (χ3v) is 16.0. The Labute approximate surface area is 367 Å². The van der Waals surface area contributed by atoms with E-state index < -0.39 is 74.4 Å². The zero-order valence-electron chi connectivity index (χ0n) is 34.8. The van der Waals surface area contributed by atoms with Crippen LogP contribution in [0.25, 0.3) is 0 Å². The smallest absolute Gasteiger partial charge is 0.410 e. The molecule has 4 amide bonds. The normalized spacial score (nSPS) is 28.0. The van der Waals surface area contributed by atoms with Crippen LogP contribution in [0.5, 0.6) is 0 Å². The molecule has 2 N–H and O–H groups in total. The fraction of sp³-hybridized carbons (Fsp3) is 0.600. The number of nitrogens with one attached hydrogen (secondary N) is 2. The summed E-state index contributed by atoms with van der Waals surface area (Å²) in [4.78, 5) is 96.3. The van der Waals surface area contributed by atoms with Crippen molar-refractivity contribution < 1.29 is 41.9 Å². The Hall–Kier alpha value is -4.70. The summed E-state index contributed by atoms with van der Waals surface area (Å²) in [6.45, 7) is 0.408. The summed E-state index contributed by atoms with van der Waals surface area (Å²) in [6, 6.07) is 3.50. The van der Waals surface area contributed by atoms with Crippen LogP contribution in [-0.4, -0.2) is 93.5 Å². The number of fused-ring (bicyclic) bond motifs is 3. The standard InChI is InChI=1S/C45H55ClN6O9S/c46-35-15-9-13-30-25-51(27-34(30)35)44(58)61-32-21-37-39(54)23-45(43(57)50-62(59,60)33-16-17-33)22-31(45)14-8-3-1-2-5-12-29(42(56)52(37)26-32)20-38(53)40(28-10-6-4-7-11-28)49-41(55)36-24-47-18-19-48-36/h8-9,13-15,18-19,24,28-29,31-33,37,40H,1-7,10-12,16-17,20-23,25-27H2,(H,49,55)(H,50,57)/b14-8-/t29-,31-,32-,37+,40+,45-/m1/s1. The molecule has 1 aromatic heterocycles. The first kappa shape index (κ1) is 43.9. The second kappa shape index (κ2) is 18.6. The van der Waals surface area contributed by atoms with Crippen LogP contribution in [-0.2, 0) is 47.0 Å². The van der Waals surface area contributed by atoms with Crippen molar-refractivity contribution in [3.05, 3.63) is 70.8 Å². The number of benzene rings is 1. The Morgan fingerprint density at radius 1 is 0.968 bits per heavy atom. The van der Waals surface area contributed by atoms with Gasteiger partial charge in [-0.2, -0.15) is 0 Å². The van der Waals surface area contributed by atoms with E-state index in [4.69, 9.17) is 16.3 Å². The molecule has 8 rings (SSSR count). The van der Waals surface area contributed by atoms with Gasteiger partial charge in [-0.25, -0.2) is 18.2 Å². The summed E-state index contributed by atoms with van der Waals surface area (Å²) in [7, 11) is -3.90. The van der Waals surface area contributed by atoms with Gasteiger partial charge >= 0.3 is 6.09 Å². The number of aromatic nitrogens is 2. The van der Waals surface area contributed by atoms with Gasteiger partial charge in [0.2, 0.25) is 21.8 Å². The van der Waals surface area contributed by atoms with E-state index in [-0.39, 0.29) is 68.6 Å². The SMILES string of the molecule is O=C(N[C@H](C(=O)C[C@H]1CCCCC/C=C\[C@@H]2C[C@@]2(C(=O)NS(=O)(=O)C2CC2)CC(=O)[C@@H]2C[C@@H](OC(=O)N3Cc4cccc(Cl)c4C3)CN2C1=O)C1CCCCC1)c1cnccn1. The third kappa shape index (κ3) is 9.75. The third-order valence-electron chi connectivity index (χ3n) is 13.8. The number of ketones is 2. The fourth-order valence-electron chi connectivity index (χ4n) is 9.98. The topological polar surface area (TPSA) is 202 Å². The van der Waals surface area contributed by atoms with E-state index in [1.807, 2.05) is 24.3 Å². The van der Waals surface area contributed by atoms with Crippen LogP contribution in [0, 0.1) is 23.2 Å². The minimum atomic E-state index is -3.90. The van der Waals surface area contributed by atoms with Crippen LogP contribution in [0.3, 0.4) is 0 Å². The number of sulfonamides is 1. The molecule has 0 radical (unpaired) electrons. The van der Waals surface area contributed by atoms with Gasteiger partial charge in [0.1, 0.15) is 11.8 Å². The Bertz CT molecular complexity index is 2210. The Morgan fingerprint density at radius 2 is 1.74 bits per heavy atom. The Morgan fingerprint density at radius 3 is 2.48 bits per heavy atom. The lowest BCUT2D eigenvalue weighted by molar-refractivity contribution is -0.143. The molecule has 15 nitrogen and oxygen atoms in total. The van der Waals surface area contributed by atoms with Gasteiger partial charge in [0.15, 0.2) is 11.6 Å². The molecule has 17 heteroatoms. The molecule has 0 spiro atoms. The number of carbonyl (C=O) groups excluding carboxylic acids is 6. The van der Waals surface area contributed by atoms with E-state index in [9.17, 15) is 32.4 Å². The van der Waals surface area contributed by atoms with Gasteiger partial charge in [-0.15, -0.1) is 0 Å². The highest BCUT2D eigenvalue weighted by molar-refractivity contribution is 7.90. The zero-order valence-corrected chi connectivity index (χ0v) is 36.4. The van der Waals surface area contributed by atoms with Crippen molar-refractivity contribution in [2.45, 2.75) is 139 Å². The van der Waals surface area contributed by atoms with Crippen LogP contribution in [0.4, 0.5) is 4.79 Å². The van der Waals surface area contributed by atoms with Gasteiger partial charge in [0.05, 0.1) is 42.0 Å². The molecule has 3 aliphatic carbocycles. The molecule has 62 heavy (non-hydrogen) atoms. The second-order valence-electron chi connectivity index (χ2n) is 18.1. The van der Waals surface area contributed by atoms with Crippen molar-refractivity contribution in [2.75, 3.05) is 6.54 Å². The van der Waals surface area contributed by atoms with Gasteiger partial charge in [-0.1, -0.05) is 68.0 Å². The molecular weight excluding hydrogens is 836 g/mol. The molecular formula is C45H55ClN6O9S. The van der Waals surface area contributed by atoms with E-state index in [1.54, 1.807) is 6.07 Å².